The molecule has 0 bridgehead atoms. The summed E-state index contributed by atoms with van der Waals surface area (Å²) < 4.78 is 3.47. The van der Waals surface area contributed by atoms with Crippen LogP contribution >= 0.6 is 11.8 Å². The summed E-state index contributed by atoms with van der Waals surface area (Å²) in [6.07, 6.45) is 5.55. The van der Waals surface area contributed by atoms with Crippen LogP contribution in [-0.2, 0) is 6.54 Å². The molecule has 8 nitrogen and oxygen atoms in total. The van der Waals surface area contributed by atoms with E-state index in [1.807, 2.05) is 71.7 Å². The molecule has 9 heteroatoms. The molecule has 2 aromatic carbocycles. The molecule has 2 heterocycles. The maximum atomic E-state index is 12.6. The van der Waals surface area contributed by atoms with E-state index >= 15 is 0 Å². The number of hydrogen-bond acceptors (Lipinski definition) is 6. The van der Waals surface area contributed by atoms with E-state index in [1.54, 1.807) is 10.9 Å². The number of thioether (sulfide) groups is 1. The highest BCUT2D eigenvalue weighted by molar-refractivity contribution is 7.98. The number of tetrazole rings is 1. The molecule has 0 atom stereocenters. The second kappa shape index (κ2) is 8.05. The minimum Gasteiger partial charge on any atom is -0.322 e. The van der Waals surface area contributed by atoms with Crippen LogP contribution < -0.4 is 5.32 Å². The van der Waals surface area contributed by atoms with Crippen molar-refractivity contribution in [1.29, 1.82) is 0 Å². The Morgan fingerprint density at radius 3 is 2.75 bits per heavy atom. The van der Waals surface area contributed by atoms with Crippen molar-refractivity contribution in [3.63, 3.8) is 0 Å². The molecule has 140 valence electrons. The van der Waals surface area contributed by atoms with Crippen molar-refractivity contribution in [3.05, 3.63) is 78.1 Å². The third-order valence-corrected chi connectivity index (χ3v) is 4.71. The molecule has 0 aliphatic carbocycles. The zero-order valence-corrected chi connectivity index (χ0v) is 15.9. The van der Waals surface area contributed by atoms with E-state index in [9.17, 15) is 4.79 Å². The summed E-state index contributed by atoms with van der Waals surface area (Å²) in [7, 11) is 0. The van der Waals surface area contributed by atoms with Gasteiger partial charge in [-0.15, -0.1) is 5.10 Å². The summed E-state index contributed by atoms with van der Waals surface area (Å²) >= 11 is 1.45. The third kappa shape index (κ3) is 3.94. The monoisotopic (exact) mass is 391 g/mol. The number of nitrogens with one attached hydrogen (secondary N) is 1. The van der Waals surface area contributed by atoms with Gasteiger partial charge in [0.05, 0.1) is 12.2 Å². The minimum absolute atomic E-state index is 0.176. The van der Waals surface area contributed by atoms with Crippen molar-refractivity contribution < 1.29 is 4.79 Å². The molecule has 4 rings (SSSR count). The first kappa shape index (κ1) is 17.9. The fourth-order valence-electron chi connectivity index (χ4n) is 2.73. The maximum Gasteiger partial charge on any atom is 0.255 e. The van der Waals surface area contributed by atoms with Crippen LogP contribution in [0.3, 0.4) is 0 Å². The number of carbonyl (C=O) groups excluding carboxylic acids is 1. The Morgan fingerprint density at radius 1 is 1.14 bits per heavy atom. The van der Waals surface area contributed by atoms with E-state index in [1.165, 1.54) is 11.8 Å². The van der Waals surface area contributed by atoms with E-state index in [0.717, 1.165) is 11.3 Å². The first-order valence-corrected chi connectivity index (χ1v) is 9.76. The average molecular weight is 391 g/mol. The minimum atomic E-state index is -0.176. The summed E-state index contributed by atoms with van der Waals surface area (Å²) in [6, 6.07) is 16.8. The fourth-order valence-corrected chi connectivity index (χ4v) is 3.16. The lowest BCUT2D eigenvalue weighted by molar-refractivity contribution is 0.102. The van der Waals surface area contributed by atoms with Crippen molar-refractivity contribution >= 4 is 23.4 Å². The van der Waals surface area contributed by atoms with Crippen molar-refractivity contribution in [1.82, 2.24) is 30.0 Å². The number of aromatic nitrogens is 6. The zero-order valence-electron chi connectivity index (χ0n) is 15.1. The van der Waals surface area contributed by atoms with Crippen LogP contribution in [0.15, 0.2) is 72.1 Å². The van der Waals surface area contributed by atoms with Gasteiger partial charge in [0.2, 0.25) is 5.16 Å². The van der Waals surface area contributed by atoms with E-state index in [-0.39, 0.29) is 5.91 Å². The number of rotatable bonds is 6. The lowest BCUT2D eigenvalue weighted by Crippen LogP contribution is -2.12. The van der Waals surface area contributed by atoms with E-state index in [0.29, 0.717) is 23.0 Å². The van der Waals surface area contributed by atoms with Crippen molar-refractivity contribution in [2.75, 3.05) is 11.6 Å². The normalized spacial score (nSPS) is 10.8. The van der Waals surface area contributed by atoms with Crippen LogP contribution in [-0.4, -0.2) is 42.2 Å². The standard InChI is InChI=1S/C19H17N7OS/c1-28-19-22-23-24-26(19)17-5-2-4-16(12-17)21-18(27)15-8-6-14(7-9-15)13-25-11-3-10-20-25/h2-12H,13H2,1H3,(H,21,27). The molecule has 2 aromatic heterocycles. The van der Waals surface area contributed by atoms with Crippen LogP contribution in [0, 0.1) is 0 Å². The highest BCUT2D eigenvalue weighted by Gasteiger charge is 2.10. The lowest BCUT2D eigenvalue weighted by atomic mass is 10.1. The zero-order chi connectivity index (χ0) is 19.3. The van der Waals surface area contributed by atoms with Crippen LogP contribution in [0.4, 0.5) is 5.69 Å². The Kier molecular flexibility index (Phi) is 5.16. The Bertz CT molecular complexity index is 1070. The smallest absolute Gasteiger partial charge is 0.255 e. The highest BCUT2D eigenvalue weighted by atomic mass is 32.2. The van der Waals surface area contributed by atoms with Gasteiger partial charge in [-0.3, -0.25) is 9.48 Å². The number of anilines is 1. The van der Waals surface area contributed by atoms with Gasteiger partial charge in [-0.05, 0) is 58.6 Å². The van der Waals surface area contributed by atoms with Crippen LogP contribution in [0.2, 0.25) is 0 Å². The van der Waals surface area contributed by atoms with Gasteiger partial charge in [0, 0.05) is 23.6 Å². The first-order chi connectivity index (χ1) is 13.7. The fraction of sp³-hybridized carbons (Fsp3) is 0.105. The summed E-state index contributed by atoms with van der Waals surface area (Å²) in [5.41, 5.74) is 3.11. The van der Waals surface area contributed by atoms with Gasteiger partial charge in [-0.25, -0.2) is 0 Å². The van der Waals surface area contributed by atoms with E-state index < -0.39 is 0 Å². The first-order valence-electron chi connectivity index (χ1n) is 8.53. The molecule has 0 spiro atoms. The number of nitrogens with zero attached hydrogens (tertiary/aromatic N) is 6. The van der Waals surface area contributed by atoms with Gasteiger partial charge in [-0.1, -0.05) is 30.0 Å². The number of benzene rings is 2. The second-order valence-electron chi connectivity index (χ2n) is 5.98. The molecule has 0 aliphatic rings. The molecule has 1 amide bonds. The van der Waals surface area contributed by atoms with Gasteiger partial charge < -0.3 is 5.32 Å². The molecule has 28 heavy (non-hydrogen) atoms. The summed E-state index contributed by atoms with van der Waals surface area (Å²) in [5.74, 6) is -0.176. The molecule has 0 saturated heterocycles. The van der Waals surface area contributed by atoms with Gasteiger partial charge in [-0.2, -0.15) is 9.78 Å². The van der Waals surface area contributed by atoms with Crippen LogP contribution in [0.1, 0.15) is 15.9 Å². The quantitative estimate of drug-likeness (QED) is 0.508. The van der Waals surface area contributed by atoms with Crippen molar-refractivity contribution in [2.45, 2.75) is 11.7 Å². The van der Waals surface area contributed by atoms with Crippen molar-refractivity contribution in [3.8, 4) is 5.69 Å². The molecule has 4 aromatic rings. The highest BCUT2D eigenvalue weighted by Crippen LogP contribution is 2.19. The molecule has 0 fully saturated rings. The Hall–Kier alpha value is -3.46. The lowest BCUT2D eigenvalue weighted by Gasteiger charge is -2.09. The second-order valence-corrected chi connectivity index (χ2v) is 6.76. The maximum absolute atomic E-state index is 12.6. The summed E-state index contributed by atoms with van der Waals surface area (Å²) in [5, 5.41) is 19.4. The third-order valence-electron chi connectivity index (χ3n) is 4.09. The number of hydrogen-bond donors (Lipinski definition) is 1. The summed E-state index contributed by atoms with van der Waals surface area (Å²) in [6.45, 7) is 0.667. The van der Waals surface area contributed by atoms with E-state index in [4.69, 9.17) is 0 Å². The largest absolute Gasteiger partial charge is 0.322 e. The van der Waals surface area contributed by atoms with Gasteiger partial charge >= 0.3 is 0 Å². The summed E-state index contributed by atoms with van der Waals surface area (Å²) in [4.78, 5) is 12.6. The Morgan fingerprint density at radius 2 is 2.00 bits per heavy atom. The molecular weight excluding hydrogens is 374 g/mol. The van der Waals surface area contributed by atoms with Crippen LogP contribution in [0.25, 0.3) is 5.69 Å². The predicted octanol–water partition coefficient (Wildman–Crippen LogP) is 2.88. The number of carbonyl (C=O) groups is 1. The molecule has 0 radical (unpaired) electrons. The predicted molar refractivity (Wildman–Crippen MR) is 107 cm³/mol. The van der Waals surface area contributed by atoms with Gasteiger partial charge in [0.1, 0.15) is 0 Å². The van der Waals surface area contributed by atoms with E-state index in [2.05, 4.69) is 25.9 Å². The molecule has 1 N–H and O–H groups in total. The molecule has 0 unspecified atom stereocenters. The van der Waals surface area contributed by atoms with Gasteiger partial charge in [0.25, 0.3) is 5.91 Å². The van der Waals surface area contributed by atoms with Crippen LogP contribution in [0.5, 0.6) is 0 Å². The average Bonchev–Trinajstić information content (AvgIpc) is 3.40. The Labute approximate surface area is 165 Å². The topological polar surface area (TPSA) is 90.5 Å². The molecule has 0 saturated carbocycles. The number of amides is 1. The van der Waals surface area contributed by atoms with Gasteiger partial charge in [0.15, 0.2) is 0 Å². The van der Waals surface area contributed by atoms with Crippen molar-refractivity contribution in [2.24, 2.45) is 0 Å². The Balaban J connectivity index is 1.47. The molecule has 0 aliphatic heterocycles. The SMILES string of the molecule is CSc1nnnn1-c1cccc(NC(=O)c2ccc(Cn3cccn3)cc2)c1. The molecular formula is C19H17N7OS.